The molecule has 0 amide bonds. The van der Waals surface area contributed by atoms with Crippen molar-refractivity contribution in [1.29, 1.82) is 5.26 Å². The Bertz CT molecular complexity index is 1280. The fourth-order valence-corrected chi connectivity index (χ4v) is 4.20. The van der Waals surface area contributed by atoms with Crippen molar-refractivity contribution < 1.29 is 23.8 Å². The molecule has 0 aliphatic rings. The summed E-state index contributed by atoms with van der Waals surface area (Å²) in [5.41, 5.74) is 1.23. The van der Waals surface area contributed by atoms with Crippen LogP contribution in [0.4, 0.5) is 0 Å². The Morgan fingerprint density at radius 3 is 1.71 bits per heavy atom. The Labute approximate surface area is 244 Å². The minimum Gasteiger partial charge on any atom is -0.494 e. The van der Waals surface area contributed by atoms with Crippen molar-refractivity contribution in [2.24, 2.45) is 5.41 Å². The second-order valence-corrected chi connectivity index (χ2v) is 10.5. The summed E-state index contributed by atoms with van der Waals surface area (Å²) < 4.78 is 16.7. The number of ether oxygens (including phenoxy) is 3. The van der Waals surface area contributed by atoms with Crippen LogP contribution in [0, 0.1) is 16.7 Å². The van der Waals surface area contributed by atoms with Crippen LogP contribution in [0.1, 0.15) is 88.9 Å². The van der Waals surface area contributed by atoms with Crippen LogP contribution in [-0.4, -0.2) is 18.5 Å². The number of carbonyl (C=O) groups is 2. The molecule has 0 radical (unpaired) electrons. The zero-order chi connectivity index (χ0) is 29.5. The Balaban J connectivity index is 1.45. The maximum atomic E-state index is 12.6. The number of nitriles is 1. The molecule has 41 heavy (non-hydrogen) atoms. The van der Waals surface area contributed by atoms with Gasteiger partial charge in [0, 0.05) is 0 Å². The zero-order valence-electron chi connectivity index (χ0n) is 24.5. The van der Waals surface area contributed by atoms with E-state index < -0.39 is 17.4 Å². The summed E-state index contributed by atoms with van der Waals surface area (Å²) in [6.07, 6.45) is 10.6. The fourth-order valence-electron chi connectivity index (χ4n) is 4.20. The minimum absolute atomic E-state index is 0.277. The lowest BCUT2D eigenvalue weighted by atomic mass is 9.90. The van der Waals surface area contributed by atoms with Crippen molar-refractivity contribution in [3.8, 4) is 34.4 Å². The first-order valence-electron chi connectivity index (χ1n) is 14.7. The summed E-state index contributed by atoms with van der Waals surface area (Å²) in [5.74, 6) is 0.350. The van der Waals surface area contributed by atoms with Gasteiger partial charge in [-0.15, -0.1) is 0 Å². The second-order valence-electron chi connectivity index (χ2n) is 10.5. The zero-order valence-corrected chi connectivity index (χ0v) is 24.5. The molecule has 0 heterocycles. The smallest absolute Gasteiger partial charge is 0.343 e. The summed E-state index contributed by atoms with van der Waals surface area (Å²) >= 11 is 0. The van der Waals surface area contributed by atoms with E-state index in [-0.39, 0.29) is 5.75 Å². The lowest BCUT2D eigenvalue weighted by Gasteiger charge is -2.17. The third-order valence-electron chi connectivity index (χ3n) is 7.22. The van der Waals surface area contributed by atoms with Crippen LogP contribution in [0.15, 0.2) is 72.8 Å². The molecule has 3 rings (SSSR count). The number of carbonyl (C=O) groups excluding carboxylic acids is 2. The minimum atomic E-state index is -1.21. The van der Waals surface area contributed by atoms with E-state index in [0.717, 1.165) is 29.9 Å². The third-order valence-corrected chi connectivity index (χ3v) is 7.22. The van der Waals surface area contributed by atoms with Crippen LogP contribution in [0.25, 0.3) is 11.1 Å². The van der Waals surface area contributed by atoms with E-state index in [4.69, 9.17) is 14.2 Å². The van der Waals surface area contributed by atoms with E-state index in [1.807, 2.05) is 42.5 Å². The van der Waals surface area contributed by atoms with Crippen LogP contribution < -0.4 is 14.2 Å². The van der Waals surface area contributed by atoms with Crippen molar-refractivity contribution >= 4 is 11.9 Å². The number of hydrogen-bond acceptors (Lipinski definition) is 6. The van der Waals surface area contributed by atoms with Crippen LogP contribution in [0.5, 0.6) is 17.2 Å². The number of rotatable bonds is 16. The average molecular weight is 556 g/mol. The summed E-state index contributed by atoms with van der Waals surface area (Å²) in [5, 5.41) is 9.24. The molecule has 0 N–H and O–H groups in total. The Hall–Kier alpha value is -4.11. The molecule has 6 heteroatoms. The van der Waals surface area contributed by atoms with Crippen molar-refractivity contribution in [2.45, 2.75) is 78.6 Å². The Morgan fingerprint density at radius 2 is 1.17 bits per heavy atom. The van der Waals surface area contributed by atoms with Gasteiger partial charge in [0.15, 0.2) is 5.41 Å². The number of hydrogen-bond donors (Lipinski definition) is 0. The quantitative estimate of drug-likeness (QED) is 0.0996. The molecule has 1 atom stereocenters. The Kier molecular flexibility index (Phi) is 12.4. The highest BCUT2D eigenvalue weighted by molar-refractivity contribution is 5.91. The van der Waals surface area contributed by atoms with Crippen molar-refractivity contribution in [3.05, 3.63) is 78.4 Å². The van der Waals surface area contributed by atoms with Crippen LogP contribution >= 0.6 is 0 Å². The van der Waals surface area contributed by atoms with Crippen LogP contribution in [-0.2, 0) is 4.79 Å². The van der Waals surface area contributed by atoms with E-state index in [9.17, 15) is 14.9 Å². The molecule has 3 aromatic rings. The van der Waals surface area contributed by atoms with E-state index in [2.05, 4.69) is 6.92 Å². The molecule has 6 nitrogen and oxygen atoms in total. The third kappa shape index (κ3) is 9.79. The van der Waals surface area contributed by atoms with Gasteiger partial charge in [0.2, 0.25) is 0 Å². The number of esters is 2. The normalized spacial score (nSPS) is 12.1. The van der Waals surface area contributed by atoms with Gasteiger partial charge < -0.3 is 14.2 Å². The van der Waals surface area contributed by atoms with Gasteiger partial charge in [0.25, 0.3) is 0 Å². The molecule has 0 saturated heterocycles. The molecule has 0 spiro atoms. The number of nitrogens with zero attached hydrogens (tertiary/aromatic N) is 1. The molecule has 0 saturated carbocycles. The maximum Gasteiger partial charge on any atom is 0.343 e. The summed E-state index contributed by atoms with van der Waals surface area (Å²) in [7, 11) is 0. The highest BCUT2D eigenvalue weighted by Crippen LogP contribution is 2.26. The number of benzene rings is 3. The number of unbranched alkanes of at least 4 members (excludes halogenated alkanes) is 7. The first-order valence-corrected chi connectivity index (χ1v) is 14.7. The standard InChI is InChI=1S/C35H41NO5/c1-4-6-7-8-9-10-11-12-25-39-30-19-17-28(18-20-30)27-13-15-29(16-14-27)33(37)40-31-21-23-32(24-22-31)41-34(38)35(3,5-2)26-36/h13-24H,4-12,25H2,1-3H3. The fraction of sp³-hybridized carbons (Fsp3) is 0.400. The molecule has 216 valence electrons. The molecule has 1 unspecified atom stereocenters. The van der Waals surface area contributed by atoms with Crippen molar-refractivity contribution in [2.75, 3.05) is 6.61 Å². The summed E-state index contributed by atoms with van der Waals surface area (Å²) in [4.78, 5) is 24.9. The van der Waals surface area contributed by atoms with E-state index in [1.54, 1.807) is 38.1 Å². The predicted octanol–water partition coefficient (Wildman–Crippen LogP) is 8.94. The largest absolute Gasteiger partial charge is 0.494 e. The van der Waals surface area contributed by atoms with Gasteiger partial charge >= 0.3 is 11.9 Å². The first kappa shape index (κ1) is 31.4. The highest BCUT2D eigenvalue weighted by atomic mass is 16.5. The van der Waals surface area contributed by atoms with Crippen LogP contribution in [0.3, 0.4) is 0 Å². The van der Waals surface area contributed by atoms with Crippen molar-refractivity contribution in [1.82, 2.24) is 0 Å². The SMILES string of the molecule is CCCCCCCCCCOc1ccc(-c2ccc(C(=O)Oc3ccc(OC(=O)C(C)(C#N)CC)cc3)cc2)cc1. The van der Waals surface area contributed by atoms with Gasteiger partial charge in [0.1, 0.15) is 17.2 Å². The van der Waals surface area contributed by atoms with Crippen molar-refractivity contribution in [3.63, 3.8) is 0 Å². The molecule has 0 aliphatic carbocycles. The maximum absolute atomic E-state index is 12.6. The highest BCUT2D eigenvalue weighted by Gasteiger charge is 2.33. The van der Waals surface area contributed by atoms with Gasteiger partial charge in [-0.3, -0.25) is 0 Å². The molecule has 3 aromatic carbocycles. The molecule has 0 fully saturated rings. The Morgan fingerprint density at radius 1 is 0.683 bits per heavy atom. The van der Waals surface area contributed by atoms with Gasteiger partial charge in [-0.25, -0.2) is 9.59 Å². The topological polar surface area (TPSA) is 85.6 Å². The van der Waals surface area contributed by atoms with E-state index in [1.165, 1.54) is 57.1 Å². The summed E-state index contributed by atoms with van der Waals surface area (Å²) in [6.45, 7) is 6.27. The van der Waals surface area contributed by atoms with Gasteiger partial charge in [0.05, 0.1) is 18.2 Å². The van der Waals surface area contributed by atoms with E-state index >= 15 is 0 Å². The summed E-state index contributed by atoms with van der Waals surface area (Å²) in [6, 6.07) is 23.4. The van der Waals surface area contributed by atoms with Gasteiger partial charge in [-0.1, -0.05) is 83.1 Å². The predicted molar refractivity (Wildman–Crippen MR) is 161 cm³/mol. The molecule has 0 bridgehead atoms. The molecule has 0 aliphatic heterocycles. The first-order chi connectivity index (χ1) is 19.9. The molecular weight excluding hydrogens is 514 g/mol. The second kappa shape index (κ2) is 16.2. The average Bonchev–Trinajstić information content (AvgIpc) is 3.01. The monoisotopic (exact) mass is 555 g/mol. The van der Waals surface area contributed by atoms with Gasteiger partial charge in [-0.2, -0.15) is 5.26 Å². The van der Waals surface area contributed by atoms with E-state index in [0.29, 0.717) is 17.7 Å². The van der Waals surface area contributed by atoms with Gasteiger partial charge in [-0.05, 0) is 79.4 Å². The molecule has 0 aromatic heterocycles. The molecular formula is C35H41NO5. The lowest BCUT2D eigenvalue weighted by Crippen LogP contribution is -2.29. The van der Waals surface area contributed by atoms with Crippen LogP contribution in [0.2, 0.25) is 0 Å². The lowest BCUT2D eigenvalue weighted by molar-refractivity contribution is -0.142.